The highest BCUT2D eigenvalue weighted by Gasteiger charge is 2.47. The van der Waals surface area contributed by atoms with Gasteiger partial charge >= 0.3 is 5.97 Å². The molecule has 1 heterocycles. The molecule has 91 heavy (non-hydrogen) atoms. The van der Waals surface area contributed by atoms with E-state index in [0.29, 0.717) is 12.8 Å². The van der Waals surface area contributed by atoms with Crippen LogP contribution in [-0.4, -0.2) is 99.6 Å². The molecule has 0 aromatic heterocycles. The maximum absolute atomic E-state index is 13.5. The Morgan fingerprint density at radius 1 is 0.429 bits per heavy atom. The molecule has 1 fully saturated rings. The van der Waals surface area contributed by atoms with Crippen LogP contribution in [0.25, 0.3) is 0 Å². The second-order valence-electron chi connectivity index (χ2n) is 26.7. The smallest absolute Gasteiger partial charge is 0.306 e. The van der Waals surface area contributed by atoms with Gasteiger partial charge in [-0.1, -0.05) is 331 Å². The molecule has 0 bridgehead atoms. The van der Waals surface area contributed by atoms with E-state index in [-0.39, 0.29) is 19.4 Å². The Hall–Kier alpha value is -2.90. The molecule has 11 nitrogen and oxygen atoms in total. The summed E-state index contributed by atoms with van der Waals surface area (Å²) < 4.78 is 17.7. The molecule has 6 N–H and O–H groups in total. The fourth-order valence-electron chi connectivity index (χ4n) is 12.0. The highest BCUT2D eigenvalue weighted by Crippen LogP contribution is 2.27. The van der Waals surface area contributed by atoms with Crippen LogP contribution in [0.2, 0.25) is 0 Å². The summed E-state index contributed by atoms with van der Waals surface area (Å²) in [7, 11) is 0. The van der Waals surface area contributed by atoms with Crippen molar-refractivity contribution < 1.29 is 49.3 Å². The molecule has 530 valence electrons. The number of esters is 1. The number of aliphatic hydroxyl groups is 5. The van der Waals surface area contributed by atoms with E-state index in [2.05, 4.69) is 86.8 Å². The highest BCUT2D eigenvalue weighted by atomic mass is 16.7. The van der Waals surface area contributed by atoms with Gasteiger partial charge in [0.25, 0.3) is 0 Å². The van der Waals surface area contributed by atoms with Crippen LogP contribution in [0.1, 0.15) is 361 Å². The van der Waals surface area contributed by atoms with Crippen LogP contribution < -0.4 is 5.32 Å². The Labute approximate surface area is 560 Å². The van der Waals surface area contributed by atoms with Gasteiger partial charge in [-0.15, -0.1) is 0 Å². The molecule has 0 aromatic carbocycles. The first kappa shape index (κ1) is 86.1. The Balaban J connectivity index is 2.54. The number of aliphatic hydroxyl groups excluding tert-OH is 5. The van der Waals surface area contributed by atoms with Crippen molar-refractivity contribution in [2.45, 2.75) is 410 Å². The van der Waals surface area contributed by atoms with Gasteiger partial charge in [0.1, 0.15) is 24.4 Å². The molecule has 0 spiro atoms. The predicted molar refractivity (Wildman–Crippen MR) is 384 cm³/mol. The lowest BCUT2D eigenvalue weighted by atomic mass is 9.99. The van der Waals surface area contributed by atoms with E-state index in [9.17, 15) is 35.1 Å². The van der Waals surface area contributed by atoms with Crippen molar-refractivity contribution in [2.24, 2.45) is 0 Å². The van der Waals surface area contributed by atoms with E-state index < -0.39 is 67.4 Å². The zero-order valence-corrected chi connectivity index (χ0v) is 59.2. The van der Waals surface area contributed by atoms with E-state index >= 15 is 0 Å². The Morgan fingerprint density at radius 3 is 1.16 bits per heavy atom. The average molecular weight is 1280 g/mol. The van der Waals surface area contributed by atoms with Crippen molar-refractivity contribution >= 4 is 11.9 Å². The maximum atomic E-state index is 13.5. The number of carbonyl (C=O) groups excluding carboxylic acids is 2. The third-order valence-electron chi connectivity index (χ3n) is 18.1. The minimum absolute atomic E-state index is 0.123. The molecular formula is C80H145NO10. The first-order valence-electron chi connectivity index (χ1n) is 38.7. The van der Waals surface area contributed by atoms with Crippen LogP contribution in [0.15, 0.2) is 72.9 Å². The summed E-state index contributed by atoms with van der Waals surface area (Å²) in [5.74, 6) is -1.19. The Bertz CT molecular complexity index is 1760. The molecule has 0 saturated carbocycles. The summed E-state index contributed by atoms with van der Waals surface area (Å²) in [6, 6.07) is -1.03. The number of ether oxygens (including phenoxy) is 3. The number of allylic oxidation sites excluding steroid dienone is 11. The largest absolute Gasteiger partial charge is 0.454 e. The van der Waals surface area contributed by atoms with Crippen LogP contribution >= 0.6 is 0 Å². The van der Waals surface area contributed by atoms with Crippen molar-refractivity contribution in [3.63, 3.8) is 0 Å². The van der Waals surface area contributed by atoms with Gasteiger partial charge < -0.3 is 45.1 Å². The van der Waals surface area contributed by atoms with Gasteiger partial charge in [-0.3, -0.25) is 9.59 Å². The molecule has 1 amide bonds. The molecular weight excluding hydrogens is 1130 g/mol. The van der Waals surface area contributed by atoms with Gasteiger partial charge in [-0.05, 0) is 96.3 Å². The Kier molecular flexibility index (Phi) is 63.5. The molecule has 0 aromatic rings. The van der Waals surface area contributed by atoms with Gasteiger partial charge in [0.05, 0.1) is 25.4 Å². The average Bonchev–Trinajstić information content (AvgIpc) is 1.05. The number of nitrogens with one attached hydrogen (secondary N) is 1. The summed E-state index contributed by atoms with van der Waals surface area (Å²) in [6.45, 7) is 5.81. The van der Waals surface area contributed by atoms with Crippen molar-refractivity contribution in [1.29, 1.82) is 0 Å². The summed E-state index contributed by atoms with van der Waals surface area (Å²) in [5, 5.41) is 57.4. The molecule has 1 rings (SSSR count). The molecule has 11 heteroatoms. The SMILES string of the molecule is CCCCC/C=C\C/C=C\C/C=C\C/C=C\CCCCCCCCC(O)C(=O)NC(COC1OC(CO)C(O)C(O)C1OC(=O)CCCCCCCCCCCCCCCCCCC/C=C/CCCCCCCC)C(O)/C=C/CCCCCCCCCCCCC. The molecule has 8 unspecified atom stereocenters. The van der Waals surface area contributed by atoms with Crippen LogP contribution in [-0.2, 0) is 23.8 Å². The van der Waals surface area contributed by atoms with Gasteiger partial charge in [-0.25, -0.2) is 0 Å². The third-order valence-corrected chi connectivity index (χ3v) is 18.1. The number of unbranched alkanes of at least 4 members (excludes halogenated alkanes) is 43. The van der Waals surface area contributed by atoms with Crippen LogP contribution in [0.3, 0.4) is 0 Å². The topological polar surface area (TPSA) is 175 Å². The van der Waals surface area contributed by atoms with Crippen molar-refractivity contribution in [3.05, 3.63) is 72.9 Å². The first-order chi connectivity index (χ1) is 44.7. The van der Waals surface area contributed by atoms with E-state index in [4.69, 9.17) is 14.2 Å². The van der Waals surface area contributed by atoms with Gasteiger partial charge in [0.2, 0.25) is 5.91 Å². The standard InChI is InChI=1S/C80H145NO10/c1-4-7-10-13-16-19-22-25-27-29-31-33-35-36-37-38-39-41-43-45-47-50-53-56-59-62-65-68-75(85)91-78-77(87)76(86)74(69-82)90-80(78)89-70-71(72(83)66-63-60-57-54-51-48-24-21-18-15-12-9-6-3)81-79(88)73(84)67-64-61-58-55-52-49-46-44-42-40-34-32-30-28-26-23-20-17-14-11-8-5-2/h17,20,25-28,32,34,42,44,63,66,71-74,76-78,80,82-84,86-87H,4-16,18-19,21-24,29-31,33,35-41,43,45-62,64-65,67-70H2,1-3H3,(H,81,88)/b20-17-,27-25+,28-26-,34-32-,44-42-,66-63+. The molecule has 0 aliphatic carbocycles. The van der Waals surface area contributed by atoms with E-state index in [0.717, 1.165) is 96.3 Å². The monoisotopic (exact) mass is 1280 g/mol. The molecule has 8 atom stereocenters. The molecule has 1 aliphatic heterocycles. The fourth-order valence-corrected chi connectivity index (χ4v) is 12.0. The van der Waals surface area contributed by atoms with Gasteiger partial charge in [0.15, 0.2) is 12.4 Å². The molecule has 1 saturated heterocycles. The molecule has 1 aliphatic rings. The van der Waals surface area contributed by atoms with E-state index in [1.54, 1.807) is 6.08 Å². The normalized spacial score (nSPS) is 18.4. The zero-order valence-electron chi connectivity index (χ0n) is 59.2. The predicted octanol–water partition coefficient (Wildman–Crippen LogP) is 20.6. The zero-order chi connectivity index (χ0) is 66.0. The maximum Gasteiger partial charge on any atom is 0.306 e. The first-order valence-corrected chi connectivity index (χ1v) is 38.7. The summed E-state index contributed by atoms with van der Waals surface area (Å²) in [6.07, 6.45) is 78.0. The van der Waals surface area contributed by atoms with Gasteiger partial charge in [0, 0.05) is 6.42 Å². The number of rotatable bonds is 67. The van der Waals surface area contributed by atoms with Crippen LogP contribution in [0, 0.1) is 0 Å². The second-order valence-corrected chi connectivity index (χ2v) is 26.7. The van der Waals surface area contributed by atoms with Crippen LogP contribution in [0.5, 0.6) is 0 Å². The van der Waals surface area contributed by atoms with Crippen LogP contribution in [0.4, 0.5) is 0 Å². The molecule has 0 radical (unpaired) electrons. The lowest BCUT2D eigenvalue weighted by Crippen LogP contribution is -2.61. The van der Waals surface area contributed by atoms with Crippen molar-refractivity contribution in [2.75, 3.05) is 13.2 Å². The van der Waals surface area contributed by atoms with Crippen molar-refractivity contribution in [1.82, 2.24) is 5.32 Å². The summed E-state index contributed by atoms with van der Waals surface area (Å²) in [5.41, 5.74) is 0. The Morgan fingerprint density at radius 2 is 0.758 bits per heavy atom. The third kappa shape index (κ3) is 54.0. The summed E-state index contributed by atoms with van der Waals surface area (Å²) in [4.78, 5) is 26.8. The highest BCUT2D eigenvalue weighted by molar-refractivity contribution is 5.80. The number of hydrogen-bond donors (Lipinski definition) is 6. The lowest BCUT2D eigenvalue weighted by Gasteiger charge is -2.41. The minimum Gasteiger partial charge on any atom is -0.454 e. The number of amides is 1. The number of carbonyl (C=O) groups is 2. The van der Waals surface area contributed by atoms with Gasteiger partial charge in [-0.2, -0.15) is 0 Å². The van der Waals surface area contributed by atoms with Crippen molar-refractivity contribution in [3.8, 4) is 0 Å². The quantitative estimate of drug-likeness (QED) is 0.0195. The van der Waals surface area contributed by atoms with E-state index in [1.165, 1.54) is 218 Å². The summed E-state index contributed by atoms with van der Waals surface area (Å²) >= 11 is 0. The second kappa shape index (κ2) is 67.1. The lowest BCUT2D eigenvalue weighted by molar-refractivity contribution is -0.305. The van der Waals surface area contributed by atoms with E-state index in [1.807, 2.05) is 6.08 Å². The fraction of sp³-hybridized carbons (Fsp3) is 0.825. The number of hydrogen-bond acceptors (Lipinski definition) is 10. The minimum atomic E-state index is -1.62.